The van der Waals surface area contributed by atoms with Gasteiger partial charge in [-0.25, -0.2) is 0 Å². The Morgan fingerprint density at radius 2 is 2.00 bits per heavy atom. The van der Waals surface area contributed by atoms with Crippen LogP contribution in [0, 0.1) is 6.54 Å². The summed E-state index contributed by atoms with van der Waals surface area (Å²) in [6.07, 6.45) is 0.597. The molecular weight excluding hydrogens is 112 g/mol. The fourth-order valence-corrected chi connectivity index (χ4v) is 0.0745. The van der Waals surface area contributed by atoms with Gasteiger partial charge in [-0.1, -0.05) is 0 Å². The normalized spacial score (nSPS) is 6.00. The monoisotopic (exact) mass is 121 g/mol. The molecule has 0 atom stereocenters. The van der Waals surface area contributed by atoms with E-state index in [0.29, 0.717) is 6.42 Å². The van der Waals surface area contributed by atoms with Gasteiger partial charge in [0.1, 0.15) is 0 Å². The van der Waals surface area contributed by atoms with Gasteiger partial charge in [0.15, 0.2) is 0 Å². The largest absolute Gasteiger partial charge is 1.00 e. The van der Waals surface area contributed by atoms with E-state index in [2.05, 4.69) is 0 Å². The average molecular weight is 121 g/mol. The zero-order valence-corrected chi connectivity index (χ0v) is 9.02. The van der Waals surface area contributed by atoms with E-state index in [1.165, 1.54) is 6.54 Å². The molecule has 7 heavy (non-hydrogen) atoms. The number of aliphatic hydroxyl groups excluding tert-OH is 1. The van der Waals surface area contributed by atoms with Gasteiger partial charge in [-0.2, -0.15) is 0 Å². The molecule has 0 spiro atoms. The van der Waals surface area contributed by atoms with Crippen LogP contribution in [-0.4, -0.2) is 11.7 Å². The fraction of sp³-hybridized carbons (Fsp3) is 0.667. The van der Waals surface area contributed by atoms with Gasteiger partial charge in [0.2, 0.25) is 0 Å². The zero-order chi connectivity index (χ0) is 4.12. The van der Waals surface area contributed by atoms with E-state index in [4.69, 9.17) is 10.8 Å². The summed E-state index contributed by atoms with van der Waals surface area (Å²) in [5.74, 6) is 0. The molecule has 0 saturated carbocycles. The fourth-order valence-electron chi connectivity index (χ4n) is 0.0745. The zero-order valence-electron chi connectivity index (χ0n) is 6.02. The minimum atomic E-state index is 0. The van der Waals surface area contributed by atoms with Crippen molar-refractivity contribution in [2.75, 3.05) is 6.61 Å². The second-order valence-corrected chi connectivity index (χ2v) is 0.748. The Morgan fingerprint density at radius 1 is 1.57 bits per heavy atom. The molecule has 0 aliphatic rings. The van der Waals surface area contributed by atoms with Gasteiger partial charge in [-0.15, -0.1) is 6.42 Å². The van der Waals surface area contributed by atoms with Gasteiger partial charge in [0.05, 0.1) is 0 Å². The van der Waals surface area contributed by atoms with Crippen molar-refractivity contribution in [3.05, 3.63) is 6.54 Å². The second kappa shape index (κ2) is 15.7. The first-order valence-electron chi connectivity index (χ1n) is 1.56. The third kappa shape index (κ3) is 18.1. The third-order valence-corrected chi connectivity index (χ3v) is 0.296. The van der Waals surface area contributed by atoms with Gasteiger partial charge < -0.3 is 12.3 Å². The van der Waals surface area contributed by atoms with E-state index in [-0.39, 0.29) is 67.1 Å². The van der Waals surface area contributed by atoms with Crippen LogP contribution in [0.2, 0.25) is 0 Å². The molecule has 0 aliphatic heterocycles. The molecular formula is C3H9NNa2O. The predicted molar refractivity (Wildman–Crippen MR) is 21.3 cm³/mol. The minimum absolute atomic E-state index is 0. The first-order valence-corrected chi connectivity index (χ1v) is 1.56. The van der Waals surface area contributed by atoms with E-state index < -0.39 is 0 Å². The van der Waals surface area contributed by atoms with Crippen LogP contribution in [0.3, 0.4) is 0 Å². The van der Waals surface area contributed by atoms with Crippen molar-refractivity contribution in [3.8, 4) is 0 Å². The number of hydrogen-bond acceptors (Lipinski definition) is 2. The molecule has 3 N–H and O–H groups in total. The number of rotatable bonds is 2. The van der Waals surface area contributed by atoms with Gasteiger partial charge in [-0.05, 0) is 0 Å². The second-order valence-electron chi connectivity index (χ2n) is 0.748. The van der Waals surface area contributed by atoms with E-state index in [1.54, 1.807) is 0 Å². The summed E-state index contributed by atoms with van der Waals surface area (Å²) in [5.41, 5.74) is 4.85. The molecule has 0 rings (SSSR count). The molecule has 0 heterocycles. The number of nitrogens with two attached hydrogens (primary N) is 1. The summed E-state index contributed by atoms with van der Waals surface area (Å²) in [5, 5.41) is 7.96. The Kier molecular flexibility index (Phi) is 35.7. The molecule has 34 valence electrons. The van der Waals surface area contributed by atoms with E-state index in [9.17, 15) is 0 Å². The van der Waals surface area contributed by atoms with Crippen LogP contribution in [0.15, 0.2) is 0 Å². The average Bonchev–Trinajstić information content (AvgIpc) is 1.41. The predicted octanol–water partition coefficient (Wildman–Crippen LogP) is -6.39. The summed E-state index contributed by atoms with van der Waals surface area (Å²) in [7, 11) is 0. The molecule has 0 aromatic carbocycles. The van der Waals surface area contributed by atoms with Crippen molar-refractivity contribution in [3.63, 3.8) is 0 Å². The molecule has 4 heteroatoms. The van der Waals surface area contributed by atoms with Crippen LogP contribution < -0.4 is 64.8 Å². The smallest absolute Gasteiger partial charge is 1.00 e. The van der Waals surface area contributed by atoms with Gasteiger partial charge in [0.25, 0.3) is 0 Å². The summed E-state index contributed by atoms with van der Waals surface area (Å²) in [6, 6.07) is 0. The molecule has 0 aliphatic carbocycles. The Labute approximate surface area is 89.9 Å². The molecule has 0 aromatic rings. The molecule has 0 fully saturated rings. The van der Waals surface area contributed by atoms with Crippen molar-refractivity contribution < 1.29 is 65.6 Å². The summed E-state index contributed by atoms with van der Waals surface area (Å²) in [4.78, 5) is 0. The molecule has 0 radical (unpaired) electrons. The van der Waals surface area contributed by atoms with Crippen molar-refractivity contribution in [1.29, 1.82) is 0 Å². The SMILES string of the molecule is N[CH-]CCO.[H-].[Na+].[Na+]. The van der Waals surface area contributed by atoms with Crippen LogP contribution >= 0.6 is 0 Å². The van der Waals surface area contributed by atoms with E-state index in [1.807, 2.05) is 0 Å². The van der Waals surface area contributed by atoms with Crippen molar-refractivity contribution >= 4 is 0 Å². The summed E-state index contributed by atoms with van der Waals surface area (Å²) in [6.45, 7) is 1.59. The van der Waals surface area contributed by atoms with Gasteiger partial charge in [0, 0.05) is 6.61 Å². The van der Waals surface area contributed by atoms with E-state index in [0.717, 1.165) is 0 Å². The molecule has 2 nitrogen and oxygen atoms in total. The Morgan fingerprint density at radius 3 is 2.00 bits per heavy atom. The standard InChI is InChI=1S/C3H8NO.2Na.H/c4-2-1-3-5;;;/h2,5H,1,3-4H2;;;/q-1;2*+1;-1. The topological polar surface area (TPSA) is 46.2 Å². The first-order chi connectivity index (χ1) is 2.41. The molecule has 0 bridgehead atoms. The quantitative estimate of drug-likeness (QED) is 0.282. The molecule has 0 aromatic heterocycles. The van der Waals surface area contributed by atoms with Crippen LogP contribution in [0.25, 0.3) is 0 Å². The Bertz CT molecular complexity index is 24.8. The molecule has 0 saturated heterocycles. The van der Waals surface area contributed by atoms with Crippen molar-refractivity contribution in [2.24, 2.45) is 5.73 Å². The van der Waals surface area contributed by atoms with E-state index >= 15 is 0 Å². The van der Waals surface area contributed by atoms with Gasteiger partial charge in [-0.3, -0.25) is 6.54 Å². The van der Waals surface area contributed by atoms with Crippen LogP contribution in [0.5, 0.6) is 0 Å². The Balaban J connectivity index is -0.0000000267. The summed E-state index contributed by atoms with van der Waals surface area (Å²) >= 11 is 0. The third-order valence-electron chi connectivity index (χ3n) is 0.296. The number of hydrogen-bond donors (Lipinski definition) is 2. The maximum absolute atomic E-state index is 7.96. The van der Waals surface area contributed by atoms with Gasteiger partial charge >= 0.3 is 59.1 Å². The minimum Gasteiger partial charge on any atom is -1.00 e. The first kappa shape index (κ1) is 16.0. The van der Waals surface area contributed by atoms with Crippen LogP contribution in [0.1, 0.15) is 7.85 Å². The molecule has 0 unspecified atom stereocenters. The number of aliphatic hydroxyl groups is 1. The van der Waals surface area contributed by atoms with Crippen LogP contribution in [0.4, 0.5) is 0 Å². The van der Waals surface area contributed by atoms with Crippen molar-refractivity contribution in [2.45, 2.75) is 6.42 Å². The van der Waals surface area contributed by atoms with Crippen molar-refractivity contribution in [1.82, 2.24) is 0 Å². The Hall–Kier alpha value is 1.92. The van der Waals surface area contributed by atoms with Crippen LogP contribution in [-0.2, 0) is 0 Å². The maximum Gasteiger partial charge on any atom is 1.00 e. The maximum atomic E-state index is 7.96. The molecule has 0 amide bonds. The summed E-state index contributed by atoms with van der Waals surface area (Å²) < 4.78 is 0.